The molecule has 1 saturated carbocycles. The molecule has 36 heavy (non-hydrogen) atoms. The Morgan fingerprint density at radius 1 is 1.14 bits per heavy atom. The minimum Gasteiger partial charge on any atom is -0.383 e. The summed E-state index contributed by atoms with van der Waals surface area (Å²) in [6, 6.07) is 5.84. The first-order valence-corrected chi connectivity index (χ1v) is 11.9. The van der Waals surface area contributed by atoms with Gasteiger partial charge in [0.05, 0.1) is 11.9 Å². The molecule has 0 bridgehead atoms. The fourth-order valence-electron chi connectivity index (χ4n) is 4.77. The molecule has 1 aliphatic heterocycles. The highest BCUT2D eigenvalue weighted by Gasteiger charge is 2.44. The van der Waals surface area contributed by atoms with Crippen LogP contribution in [0.2, 0.25) is 0 Å². The number of amides is 1. The van der Waals surface area contributed by atoms with Crippen molar-refractivity contribution in [3.63, 3.8) is 0 Å². The van der Waals surface area contributed by atoms with Gasteiger partial charge >= 0.3 is 0 Å². The fourth-order valence-corrected chi connectivity index (χ4v) is 4.77. The molecule has 1 fully saturated rings. The topological polar surface area (TPSA) is 118 Å². The van der Waals surface area contributed by atoms with Gasteiger partial charge in [-0.15, -0.1) is 0 Å². The largest absolute Gasteiger partial charge is 0.383 e. The number of aryl methyl sites for hydroxylation is 2. The zero-order chi connectivity index (χ0) is 25.0. The molecular formula is C26H27N9O. The Morgan fingerprint density at radius 3 is 2.72 bits per heavy atom. The van der Waals surface area contributed by atoms with Crippen molar-refractivity contribution in [2.45, 2.75) is 19.3 Å². The van der Waals surface area contributed by atoms with Crippen molar-refractivity contribution in [1.82, 2.24) is 29.7 Å². The zero-order valence-corrected chi connectivity index (χ0v) is 20.4. The van der Waals surface area contributed by atoms with Gasteiger partial charge in [-0.3, -0.25) is 14.5 Å². The van der Waals surface area contributed by atoms with Crippen molar-refractivity contribution < 1.29 is 4.79 Å². The van der Waals surface area contributed by atoms with Crippen molar-refractivity contribution >= 4 is 34.1 Å². The van der Waals surface area contributed by atoms with Crippen molar-refractivity contribution in [2.24, 2.45) is 13.0 Å². The van der Waals surface area contributed by atoms with Crippen LogP contribution in [0.5, 0.6) is 0 Å². The van der Waals surface area contributed by atoms with Crippen LogP contribution < -0.4 is 16.1 Å². The summed E-state index contributed by atoms with van der Waals surface area (Å²) in [5, 5.41) is 12.9. The predicted molar refractivity (Wildman–Crippen MR) is 139 cm³/mol. The van der Waals surface area contributed by atoms with Crippen LogP contribution in [0.3, 0.4) is 0 Å². The first kappa shape index (κ1) is 22.2. The normalized spacial score (nSPS) is 19.2. The average molecular weight is 482 g/mol. The molecule has 4 aromatic rings. The zero-order valence-electron chi connectivity index (χ0n) is 20.4. The molecule has 0 radical (unpaired) electrons. The van der Waals surface area contributed by atoms with E-state index in [0.29, 0.717) is 11.6 Å². The van der Waals surface area contributed by atoms with Crippen LogP contribution in [0.1, 0.15) is 23.5 Å². The number of carbonyl (C=O) groups is 1. The van der Waals surface area contributed by atoms with Crippen molar-refractivity contribution in [1.29, 1.82) is 0 Å². The molecule has 4 aromatic heterocycles. The second-order valence-corrected chi connectivity index (χ2v) is 9.50. The lowest BCUT2D eigenvalue weighted by Gasteiger charge is -2.24. The van der Waals surface area contributed by atoms with E-state index in [4.69, 9.17) is 5.73 Å². The van der Waals surface area contributed by atoms with Gasteiger partial charge in [-0.25, -0.2) is 20.0 Å². The maximum absolute atomic E-state index is 12.8. The van der Waals surface area contributed by atoms with Gasteiger partial charge in [0.2, 0.25) is 5.91 Å². The smallest absolute Gasteiger partial charge is 0.229 e. The van der Waals surface area contributed by atoms with Crippen LogP contribution in [0.15, 0.2) is 55.3 Å². The van der Waals surface area contributed by atoms with Gasteiger partial charge in [-0.1, -0.05) is 6.08 Å². The van der Waals surface area contributed by atoms with Gasteiger partial charge in [-0.2, -0.15) is 5.10 Å². The molecule has 0 unspecified atom stereocenters. The monoisotopic (exact) mass is 481 g/mol. The van der Waals surface area contributed by atoms with E-state index in [2.05, 4.69) is 36.5 Å². The molecule has 182 valence electrons. The van der Waals surface area contributed by atoms with Crippen LogP contribution in [0.4, 0.5) is 17.5 Å². The van der Waals surface area contributed by atoms with Gasteiger partial charge < -0.3 is 11.1 Å². The lowest BCUT2D eigenvalue weighted by Crippen LogP contribution is -2.31. The highest BCUT2D eigenvalue weighted by molar-refractivity contribution is 5.98. The van der Waals surface area contributed by atoms with E-state index in [1.807, 2.05) is 69.0 Å². The SMILES string of the molecule is Cc1cc(N2C=CCN2C)ncc1-c1cc2cc(NC(=O)[C@H]3C[C@@H]3c3cnn(C)c3)ncc2c(N)n1. The van der Waals surface area contributed by atoms with E-state index < -0.39 is 0 Å². The summed E-state index contributed by atoms with van der Waals surface area (Å²) < 4.78 is 1.76. The van der Waals surface area contributed by atoms with Crippen molar-refractivity contribution in [3.05, 3.63) is 66.4 Å². The number of hydrogen-bond donors (Lipinski definition) is 2. The van der Waals surface area contributed by atoms with Gasteiger partial charge in [-0.05, 0) is 54.0 Å². The Kier molecular flexibility index (Phi) is 5.18. The number of anilines is 3. The van der Waals surface area contributed by atoms with Gasteiger partial charge in [0, 0.05) is 62.3 Å². The molecule has 6 rings (SSSR count). The summed E-state index contributed by atoms with van der Waals surface area (Å²) in [4.78, 5) is 26.5. The standard InChI is InChI=1S/C26H27N9O/c1-15-7-24(35-6-4-5-34(35)3)29-12-20(15)22-8-16-9-23(28-13-21(16)25(27)31-22)32-26(36)19-10-18(19)17-11-30-33(2)14-17/h4,6-9,11-14,18-19H,5,10H2,1-3H3,(H2,27,31)(H,28,32,36)/t18-,19+/m1/s1. The fraction of sp³-hybridized carbons (Fsp3) is 0.269. The van der Waals surface area contributed by atoms with Crippen molar-refractivity contribution in [2.75, 3.05) is 29.7 Å². The average Bonchev–Trinajstić information content (AvgIpc) is 3.35. The molecule has 2 atom stereocenters. The number of nitrogens with two attached hydrogens (primary N) is 1. The van der Waals surface area contributed by atoms with Crippen LogP contribution in [-0.2, 0) is 11.8 Å². The molecule has 0 spiro atoms. The molecule has 0 aromatic carbocycles. The third-order valence-electron chi connectivity index (χ3n) is 6.87. The summed E-state index contributed by atoms with van der Waals surface area (Å²) in [5.41, 5.74) is 10.1. The minimum absolute atomic E-state index is 0.0329. The van der Waals surface area contributed by atoms with Crippen LogP contribution in [-0.4, -0.2) is 49.2 Å². The first-order chi connectivity index (χ1) is 17.4. The van der Waals surface area contributed by atoms with Crippen LogP contribution in [0.25, 0.3) is 22.0 Å². The molecule has 5 heterocycles. The molecular weight excluding hydrogens is 454 g/mol. The summed E-state index contributed by atoms with van der Waals surface area (Å²) in [6.45, 7) is 2.89. The summed E-state index contributed by atoms with van der Waals surface area (Å²) in [5.74, 6) is 1.84. The molecule has 2 aliphatic rings. The summed E-state index contributed by atoms with van der Waals surface area (Å²) in [7, 11) is 3.90. The maximum Gasteiger partial charge on any atom is 0.229 e. The Balaban J connectivity index is 1.25. The number of likely N-dealkylation sites (N-methyl/N-ethyl adjacent to an activating group) is 1. The lowest BCUT2D eigenvalue weighted by molar-refractivity contribution is -0.117. The molecule has 1 amide bonds. The van der Waals surface area contributed by atoms with E-state index in [1.54, 1.807) is 10.9 Å². The number of fused-ring (bicyclic) bond motifs is 1. The second-order valence-electron chi connectivity index (χ2n) is 9.50. The highest BCUT2D eigenvalue weighted by atomic mass is 16.2. The molecule has 3 N–H and O–H groups in total. The number of hydrogen-bond acceptors (Lipinski definition) is 8. The third-order valence-corrected chi connectivity index (χ3v) is 6.87. The Labute approximate surface area is 208 Å². The molecule has 0 saturated heterocycles. The Bertz CT molecular complexity index is 1530. The number of rotatable bonds is 5. The number of hydrazine groups is 1. The lowest BCUT2D eigenvalue weighted by atomic mass is 10.1. The van der Waals surface area contributed by atoms with Crippen LogP contribution >= 0.6 is 0 Å². The summed E-state index contributed by atoms with van der Waals surface area (Å²) in [6.07, 6.45) is 12.2. The number of pyridine rings is 3. The number of aromatic nitrogens is 5. The maximum atomic E-state index is 12.8. The van der Waals surface area contributed by atoms with E-state index in [1.165, 1.54) is 0 Å². The highest BCUT2D eigenvalue weighted by Crippen LogP contribution is 2.47. The summed E-state index contributed by atoms with van der Waals surface area (Å²) >= 11 is 0. The van der Waals surface area contributed by atoms with E-state index in [0.717, 1.165) is 51.9 Å². The number of carbonyl (C=O) groups excluding carboxylic acids is 1. The van der Waals surface area contributed by atoms with Crippen molar-refractivity contribution in [3.8, 4) is 11.3 Å². The Morgan fingerprint density at radius 2 is 2.00 bits per heavy atom. The van der Waals surface area contributed by atoms with Gasteiger partial charge in [0.1, 0.15) is 17.5 Å². The molecule has 10 nitrogen and oxygen atoms in total. The Hall–Kier alpha value is -4.31. The van der Waals surface area contributed by atoms with E-state index >= 15 is 0 Å². The molecule has 10 heteroatoms. The predicted octanol–water partition coefficient (Wildman–Crippen LogP) is 3.24. The number of nitrogens with zero attached hydrogens (tertiary/aromatic N) is 7. The molecule has 1 aliphatic carbocycles. The van der Waals surface area contributed by atoms with Gasteiger partial charge in [0.25, 0.3) is 0 Å². The van der Waals surface area contributed by atoms with Crippen LogP contribution in [0, 0.1) is 12.8 Å². The van der Waals surface area contributed by atoms with Gasteiger partial charge in [0.15, 0.2) is 0 Å². The second kappa shape index (κ2) is 8.42. The number of nitrogen functional groups attached to an aromatic ring is 1. The van der Waals surface area contributed by atoms with E-state index in [9.17, 15) is 4.79 Å². The third kappa shape index (κ3) is 3.95. The minimum atomic E-state index is -0.0681. The quantitative estimate of drug-likeness (QED) is 0.446. The number of nitrogens with one attached hydrogen (secondary N) is 1. The first-order valence-electron chi connectivity index (χ1n) is 11.9. The van der Waals surface area contributed by atoms with E-state index in [-0.39, 0.29) is 17.7 Å².